The van der Waals surface area contributed by atoms with E-state index in [1.54, 1.807) is 19.1 Å². The third-order valence-electron chi connectivity index (χ3n) is 3.24. The molecule has 1 aromatic heterocycles. The SMILES string of the molecule is Cc1cccc(-c2nnc(CCNC3CC3)s2)c1F. The van der Waals surface area contributed by atoms with E-state index in [9.17, 15) is 4.39 Å². The molecule has 1 heterocycles. The van der Waals surface area contributed by atoms with Crippen LogP contribution in [0.15, 0.2) is 18.2 Å². The zero-order valence-corrected chi connectivity index (χ0v) is 11.6. The van der Waals surface area contributed by atoms with Gasteiger partial charge in [-0.3, -0.25) is 0 Å². The van der Waals surface area contributed by atoms with E-state index in [-0.39, 0.29) is 5.82 Å². The van der Waals surface area contributed by atoms with E-state index in [4.69, 9.17) is 0 Å². The van der Waals surface area contributed by atoms with Crippen molar-refractivity contribution in [1.82, 2.24) is 15.5 Å². The van der Waals surface area contributed by atoms with Gasteiger partial charge in [-0.25, -0.2) is 4.39 Å². The fourth-order valence-corrected chi connectivity index (χ4v) is 2.80. The molecule has 1 aromatic carbocycles. The number of halogens is 1. The average Bonchev–Trinajstić information content (AvgIpc) is 3.10. The second kappa shape index (κ2) is 5.35. The lowest BCUT2D eigenvalue weighted by Gasteiger charge is -2.00. The molecule has 1 N–H and O–H groups in total. The van der Waals surface area contributed by atoms with Crippen LogP contribution in [0, 0.1) is 12.7 Å². The van der Waals surface area contributed by atoms with Gasteiger partial charge in [-0.1, -0.05) is 23.5 Å². The van der Waals surface area contributed by atoms with Gasteiger partial charge in [0.1, 0.15) is 10.8 Å². The molecule has 1 aliphatic rings. The quantitative estimate of drug-likeness (QED) is 0.913. The minimum absolute atomic E-state index is 0.193. The molecule has 0 unspecified atom stereocenters. The van der Waals surface area contributed by atoms with Gasteiger partial charge in [-0.15, -0.1) is 10.2 Å². The number of hydrogen-bond acceptors (Lipinski definition) is 4. The summed E-state index contributed by atoms with van der Waals surface area (Å²) in [5.41, 5.74) is 1.20. The Bertz CT molecular complexity index is 578. The van der Waals surface area contributed by atoms with Crippen molar-refractivity contribution in [3.05, 3.63) is 34.6 Å². The van der Waals surface area contributed by atoms with Crippen LogP contribution in [0.4, 0.5) is 4.39 Å². The fourth-order valence-electron chi connectivity index (χ4n) is 1.95. The molecule has 1 saturated carbocycles. The van der Waals surface area contributed by atoms with Crippen molar-refractivity contribution in [3.63, 3.8) is 0 Å². The highest BCUT2D eigenvalue weighted by atomic mass is 32.1. The molecule has 3 nitrogen and oxygen atoms in total. The smallest absolute Gasteiger partial charge is 0.150 e. The highest BCUT2D eigenvalue weighted by molar-refractivity contribution is 7.14. The van der Waals surface area contributed by atoms with E-state index >= 15 is 0 Å². The molecule has 1 fully saturated rings. The van der Waals surface area contributed by atoms with Crippen molar-refractivity contribution >= 4 is 11.3 Å². The Balaban J connectivity index is 1.70. The molecule has 3 rings (SSSR count). The van der Waals surface area contributed by atoms with Crippen molar-refractivity contribution in [2.24, 2.45) is 0 Å². The molecule has 0 saturated heterocycles. The van der Waals surface area contributed by atoms with E-state index in [1.165, 1.54) is 24.2 Å². The average molecular weight is 277 g/mol. The van der Waals surface area contributed by atoms with Crippen LogP contribution < -0.4 is 5.32 Å². The first-order chi connectivity index (χ1) is 9.24. The number of rotatable bonds is 5. The first kappa shape index (κ1) is 12.7. The normalized spacial score (nSPS) is 14.8. The van der Waals surface area contributed by atoms with Gasteiger partial charge in [0.2, 0.25) is 0 Å². The van der Waals surface area contributed by atoms with Crippen LogP contribution in [0.5, 0.6) is 0 Å². The highest BCUT2D eigenvalue weighted by Gasteiger charge is 2.20. The first-order valence-corrected chi connectivity index (χ1v) is 7.37. The lowest BCUT2D eigenvalue weighted by molar-refractivity contribution is 0.621. The number of nitrogens with one attached hydrogen (secondary N) is 1. The summed E-state index contributed by atoms with van der Waals surface area (Å²) >= 11 is 1.48. The summed E-state index contributed by atoms with van der Waals surface area (Å²) < 4.78 is 14.0. The molecule has 0 atom stereocenters. The second-order valence-corrected chi connectivity index (χ2v) is 5.98. The molecule has 0 amide bonds. The van der Waals surface area contributed by atoms with Gasteiger partial charge < -0.3 is 5.32 Å². The molecule has 0 bridgehead atoms. The highest BCUT2D eigenvalue weighted by Crippen LogP contribution is 2.27. The van der Waals surface area contributed by atoms with Gasteiger partial charge in [-0.2, -0.15) is 0 Å². The predicted octanol–water partition coefficient (Wildman–Crippen LogP) is 2.95. The number of aryl methyl sites for hydroxylation is 1. The van der Waals surface area contributed by atoms with Gasteiger partial charge in [0.05, 0.1) is 0 Å². The van der Waals surface area contributed by atoms with Crippen LogP contribution >= 0.6 is 11.3 Å². The zero-order valence-electron chi connectivity index (χ0n) is 10.8. The van der Waals surface area contributed by atoms with Crippen LogP contribution in [0.25, 0.3) is 10.6 Å². The van der Waals surface area contributed by atoms with Crippen molar-refractivity contribution in [2.75, 3.05) is 6.54 Å². The fraction of sp³-hybridized carbons (Fsp3) is 0.429. The minimum Gasteiger partial charge on any atom is -0.314 e. The molecular formula is C14H16FN3S. The number of nitrogens with zero attached hydrogens (tertiary/aromatic N) is 2. The molecule has 0 radical (unpaired) electrons. The Morgan fingerprint density at radius 3 is 3.00 bits per heavy atom. The summed E-state index contributed by atoms with van der Waals surface area (Å²) in [5, 5.41) is 13.3. The molecule has 0 spiro atoms. The van der Waals surface area contributed by atoms with Gasteiger partial charge in [0.25, 0.3) is 0 Å². The van der Waals surface area contributed by atoms with Crippen LogP contribution in [0.2, 0.25) is 0 Å². The molecule has 2 aromatic rings. The van der Waals surface area contributed by atoms with Crippen molar-refractivity contribution in [3.8, 4) is 10.6 Å². The van der Waals surface area contributed by atoms with Crippen molar-refractivity contribution in [2.45, 2.75) is 32.2 Å². The summed E-state index contributed by atoms with van der Waals surface area (Å²) in [4.78, 5) is 0. The molecule has 19 heavy (non-hydrogen) atoms. The lowest BCUT2D eigenvalue weighted by Crippen LogP contribution is -2.19. The van der Waals surface area contributed by atoms with Crippen LogP contribution in [-0.2, 0) is 6.42 Å². The van der Waals surface area contributed by atoms with Gasteiger partial charge in [0, 0.05) is 24.6 Å². The maximum Gasteiger partial charge on any atom is 0.150 e. The molecule has 100 valence electrons. The molecule has 1 aliphatic carbocycles. The first-order valence-electron chi connectivity index (χ1n) is 6.55. The summed E-state index contributed by atoms with van der Waals surface area (Å²) in [5.74, 6) is -0.193. The lowest BCUT2D eigenvalue weighted by atomic mass is 10.1. The third kappa shape index (κ3) is 2.98. The second-order valence-electron chi connectivity index (χ2n) is 4.92. The maximum atomic E-state index is 14.0. The summed E-state index contributed by atoms with van der Waals surface area (Å²) in [7, 11) is 0. The summed E-state index contributed by atoms with van der Waals surface area (Å²) in [6.45, 7) is 2.69. The number of hydrogen-bond donors (Lipinski definition) is 1. The van der Waals surface area contributed by atoms with Crippen molar-refractivity contribution < 1.29 is 4.39 Å². The van der Waals surface area contributed by atoms with Crippen LogP contribution in [0.3, 0.4) is 0 Å². The Morgan fingerprint density at radius 1 is 1.37 bits per heavy atom. The summed E-state index contributed by atoms with van der Waals surface area (Å²) in [6.07, 6.45) is 3.44. The van der Waals surface area contributed by atoms with E-state index in [2.05, 4.69) is 15.5 Å². The monoisotopic (exact) mass is 277 g/mol. The molecule has 5 heteroatoms. The maximum absolute atomic E-state index is 14.0. The van der Waals surface area contributed by atoms with E-state index < -0.39 is 0 Å². The van der Waals surface area contributed by atoms with Gasteiger partial charge >= 0.3 is 0 Å². The number of benzene rings is 1. The molecular weight excluding hydrogens is 261 g/mol. The summed E-state index contributed by atoms with van der Waals surface area (Å²) in [6, 6.07) is 6.08. The Kier molecular flexibility index (Phi) is 3.57. The minimum atomic E-state index is -0.193. The Morgan fingerprint density at radius 2 is 2.21 bits per heavy atom. The Hall–Kier alpha value is -1.33. The van der Waals surface area contributed by atoms with E-state index in [0.29, 0.717) is 22.2 Å². The van der Waals surface area contributed by atoms with E-state index in [0.717, 1.165) is 18.0 Å². The van der Waals surface area contributed by atoms with Crippen LogP contribution in [0.1, 0.15) is 23.4 Å². The number of aromatic nitrogens is 2. The van der Waals surface area contributed by atoms with Gasteiger partial charge in [0.15, 0.2) is 5.01 Å². The van der Waals surface area contributed by atoms with Crippen LogP contribution in [-0.4, -0.2) is 22.8 Å². The largest absolute Gasteiger partial charge is 0.314 e. The third-order valence-corrected chi connectivity index (χ3v) is 4.25. The zero-order chi connectivity index (χ0) is 13.2. The van der Waals surface area contributed by atoms with Crippen molar-refractivity contribution in [1.29, 1.82) is 0 Å². The topological polar surface area (TPSA) is 37.8 Å². The van der Waals surface area contributed by atoms with E-state index in [1.807, 2.05) is 6.07 Å². The standard InChI is InChI=1S/C14H16FN3S/c1-9-3-2-4-11(13(9)15)14-18-17-12(19-14)7-8-16-10-5-6-10/h2-4,10,16H,5-8H2,1H3. The Labute approximate surface area is 115 Å². The predicted molar refractivity (Wildman–Crippen MR) is 74.8 cm³/mol. The molecule has 0 aliphatic heterocycles. The van der Waals surface area contributed by atoms with Gasteiger partial charge in [-0.05, 0) is 31.4 Å².